The van der Waals surface area contributed by atoms with E-state index < -0.39 is 0 Å². The van der Waals surface area contributed by atoms with Gasteiger partial charge in [0, 0.05) is 26.1 Å². The number of hydrogen-bond acceptors (Lipinski definition) is 3. The zero-order valence-corrected chi connectivity index (χ0v) is 11.8. The lowest BCUT2D eigenvalue weighted by molar-refractivity contribution is -0.127. The Bertz CT molecular complexity index is 514. The molecule has 1 unspecified atom stereocenters. The van der Waals surface area contributed by atoms with Crippen LogP contribution in [0.15, 0.2) is 29.3 Å². The molecular weight excluding hydrogens is 256 g/mol. The molecule has 0 radical (unpaired) electrons. The van der Waals surface area contributed by atoms with Crippen molar-refractivity contribution in [3.8, 4) is 5.75 Å². The lowest BCUT2D eigenvalue weighted by Crippen LogP contribution is -2.38. The second kappa shape index (κ2) is 6.27. The van der Waals surface area contributed by atoms with Crippen LogP contribution in [0, 0.1) is 0 Å². The fraction of sp³-hybridized carbons (Fsp3) is 0.429. The molecule has 2 rings (SSSR count). The van der Waals surface area contributed by atoms with Crippen LogP contribution in [0.4, 0.5) is 0 Å². The van der Waals surface area contributed by atoms with Crippen LogP contribution in [0.3, 0.4) is 0 Å². The second-order valence-electron chi connectivity index (χ2n) is 4.86. The number of nitrogens with two attached hydrogens (primary N) is 1. The standard InChI is InChI=1S/C14H20N4O2/c1-18(2)13(19)9-16-14(15)17-11-7-8-20-12-6-4-3-5-10(11)12/h3-6,11H,7-9H2,1-2H3,(H3,15,16,17). The van der Waals surface area contributed by atoms with Gasteiger partial charge in [-0.3, -0.25) is 4.79 Å². The van der Waals surface area contributed by atoms with E-state index in [-0.39, 0.29) is 24.5 Å². The van der Waals surface area contributed by atoms with Gasteiger partial charge in [0.05, 0.1) is 12.6 Å². The summed E-state index contributed by atoms with van der Waals surface area (Å²) >= 11 is 0. The average molecular weight is 276 g/mol. The van der Waals surface area contributed by atoms with Crippen molar-refractivity contribution in [2.45, 2.75) is 12.5 Å². The minimum atomic E-state index is -0.0814. The number of nitrogens with zero attached hydrogens (tertiary/aromatic N) is 2. The Morgan fingerprint density at radius 3 is 3.00 bits per heavy atom. The number of aliphatic imine (C=N–C) groups is 1. The fourth-order valence-corrected chi connectivity index (χ4v) is 2.01. The topological polar surface area (TPSA) is 80.0 Å². The van der Waals surface area contributed by atoms with Gasteiger partial charge in [0.2, 0.25) is 5.91 Å². The van der Waals surface area contributed by atoms with Crippen LogP contribution >= 0.6 is 0 Å². The van der Waals surface area contributed by atoms with Crippen LogP contribution in [-0.2, 0) is 4.79 Å². The number of hydrogen-bond donors (Lipinski definition) is 2. The highest BCUT2D eigenvalue weighted by molar-refractivity contribution is 5.84. The molecule has 20 heavy (non-hydrogen) atoms. The van der Waals surface area contributed by atoms with Gasteiger partial charge in [0.1, 0.15) is 12.3 Å². The molecule has 0 aromatic heterocycles. The Balaban J connectivity index is 2.00. The van der Waals surface area contributed by atoms with E-state index in [0.717, 1.165) is 17.7 Å². The first-order valence-corrected chi connectivity index (χ1v) is 6.56. The van der Waals surface area contributed by atoms with Crippen molar-refractivity contribution >= 4 is 11.9 Å². The normalized spacial score (nSPS) is 17.9. The summed E-state index contributed by atoms with van der Waals surface area (Å²) in [6, 6.07) is 7.91. The fourth-order valence-electron chi connectivity index (χ4n) is 2.01. The van der Waals surface area contributed by atoms with E-state index in [9.17, 15) is 4.79 Å². The number of fused-ring (bicyclic) bond motifs is 1. The summed E-state index contributed by atoms with van der Waals surface area (Å²) in [5, 5.41) is 3.15. The maximum atomic E-state index is 11.5. The molecule has 1 amide bonds. The number of likely N-dealkylation sites (N-methyl/N-ethyl adjacent to an activating group) is 1. The third-order valence-corrected chi connectivity index (χ3v) is 3.16. The number of nitrogens with one attached hydrogen (secondary N) is 1. The number of carbonyl (C=O) groups excluding carboxylic acids is 1. The van der Waals surface area contributed by atoms with Gasteiger partial charge in [0.25, 0.3) is 0 Å². The number of guanidine groups is 1. The van der Waals surface area contributed by atoms with Crippen molar-refractivity contribution < 1.29 is 9.53 Å². The van der Waals surface area contributed by atoms with Crippen molar-refractivity contribution in [3.63, 3.8) is 0 Å². The van der Waals surface area contributed by atoms with Gasteiger partial charge in [-0.25, -0.2) is 4.99 Å². The Hall–Kier alpha value is -2.24. The SMILES string of the molecule is CN(C)C(=O)CN=C(N)NC1CCOc2ccccc21. The smallest absolute Gasteiger partial charge is 0.243 e. The second-order valence-corrected chi connectivity index (χ2v) is 4.86. The van der Waals surface area contributed by atoms with E-state index in [1.54, 1.807) is 14.1 Å². The highest BCUT2D eigenvalue weighted by atomic mass is 16.5. The molecule has 1 aromatic carbocycles. The minimum Gasteiger partial charge on any atom is -0.493 e. The first-order valence-electron chi connectivity index (χ1n) is 6.56. The third kappa shape index (κ3) is 3.40. The first-order chi connectivity index (χ1) is 9.58. The van der Waals surface area contributed by atoms with Crippen molar-refractivity contribution in [1.29, 1.82) is 0 Å². The number of amides is 1. The number of para-hydroxylation sites is 1. The van der Waals surface area contributed by atoms with Crippen molar-refractivity contribution in [1.82, 2.24) is 10.2 Å². The van der Waals surface area contributed by atoms with Crippen molar-refractivity contribution in [3.05, 3.63) is 29.8 Å². The average Bonchev–Trinajstić information content (AvgIpc) is 2.45. The molecule has 1 aromatic rings. The largest absolute Gasteiger partial charge is 0.493 e. The highest BCUT2D eigenvalue weighted by Gasteiger charge is 2.21. The summed E-state index contributed by atoms with van der Waals surface area (Å²) < 4.78 is 5.58. The third-order valence-electron chi connectivity index (χ3n) is 3.16. The molecule has 3 N–H and O–H groups in total. The van der Waals surface area contributed by atoms with Crippen LogP contribution in [0.25, 0.3) is 0 Å². The summed E-state index contributed by atoms with van der Waals surface area (Å²) in [6.45, 7) is 0.690. The van der Waals surface area contributed by atoms with Gasteiger partial charge in [-0.05, 0) is 6.07 Å². The van der Waals surface area contributed by atoms with E-state index in [0.29, 0.717) is 6.61 Å². The molecule has 108 valence electrons. The van der Waals surface area contributed by atoms with Gasteiger partial charge >= 0.3 is 0 Å². The Kier molecular flexibility index (Phi) is 4.45. The number of benzene rings is 1. The monoisotopic (exact) mass is 276 g/mol. The molecule has 0 saturated heterocycles. The van der Waals surface area contributed by atoms with E-state index in [1.165, 1.54) is 4.90 Å². The van der Waals surface area contributed by atoms with Gasteiger partial charge in [-0.2, -0.15) is 0 Å². The maximum Gasteiger partial charge on any atom is 0.243 e. The molecule has 0 bridgehead atoms. The van der Waals surface area contributed by atoms with E-state index in [4.69, 9.17) is 10.5 Å². The summed E-state index contributed by atoms with van der Waals surface area (Å²) in [6.07, 6.45) is 0.814. The van der Waals surface area contributed by atoms with E-state index >= 15 is 0 Å². The van der Waals surface area contributed by atoms with Crippen molar-refractivity contribution in [2.75, 3.05) is 27.2 Å². The summed E-state index contributed by atoms with van der Waals surface area (Å²) in [4.78, 5) is 17.0. The van der Waals surface area contributed by atoms with Gasteiger partial charge in [-0.1, -0.05) is 18.2 Å². The quantitative estimate of drug-likeness (QED) is 0.622. The molecule has 0 spiro atoms. The van der Waals surface area contributed by atoms with Gasteiger partial charge in [-0.15, -0.1) is 0 Å². The predicted octanol–water partition coefficient (Wildman–Crippen LogP) is 0.503. The minimum absolute atomic E-state index is 0.0523. The van der Waals surface area contributed by atoms with Gasteiger partial charge in [0.15, 0.2) is 5.96 Å². The summed E-state index contributed by atoms with van der Waals surface area (Å²) in [5.74, 6) is 1.07. The summed E-state index contributed by atoms with van der Waals surface area (Å²) in [7, 11) is 3.38. The Labute approximate surface area is 118 Å². The number of carbonyl (C=O) groups is 1. The van der Waals surface area contributed by atoms with Crippen LogP contribution < -0.4 is 15.8 Å². The van der Waals surface area contributed by atoms with Gasteiger partial charge < -0.3 is 20.7 Å². The van der Waals surface area contributed by atoms with Crippen LogP contribution in [-0.4, -0.2) is 44.0 Å². The molecule has 1 atom stereocenters. The molecule has 1 heterocycles. The molecule has 1 aliphatic heterocycles. The van der Waals surface area contributed by atoms with Crippen LogP contribution in [0.2, 0.25) is 0 Å². The molecule has 1 aliphatic rings. The Morgan fingerprint density at radius 2 is 2.25 bits per heavy atom. The lowest BCUT2D eigenvalue weighted by Gasteiger charge is -2.26. The number of rotatable bonds is 3. The molecule has 6 nitrogen and oxygen atoms in total. The molecule has 0 aliphatic carbocycles. The molecule has 0 fully saturated rings. The van der Waals surface area contributed by atoms with Crippen LogP contribution in [0.5, 0.6) is 5.75 Å². The van der Waals surface area contributed by atoms with Crippen molar-refractivity contribution in [2.24, 2.45) is 10.7 Å². The summed E-state index contributed by atoms with van der Waals surface area (Å²) in [5.41, 5.74) is 6.90. The number of ether oxygens (including phenoxy) is 1. The first kappa shape index (κ1) is 14.2. The van der Waals surface area contributed by atoms with Crippen LogP contribution in [0.1, 0.15) is 18.0 Å². The molecular formula is C14H20N4O2. The zero-order chi connectivity index (χ0) is 14.5. The lowest BCUT2D eigenvalue weighted by atomic mass is 10.0. The molecule has 6 heteroatoms. The predicted molar refractivity (Wildman–Crippen MR) is 77.6 cm³/mol. The molecule has 0 saturated carbocycles. The zero-order valence-electron chi connectivity index (χ0n) is 11.8. The van der Waals surface area contributed by atoms with E-state index in [1.807, 2.05) is 24.3 Å². The Morgan fingerprint density at radius 1 is 1.50 bits per heavy atom. The highest BCUT2D eigenvalue weighted by Crippen LogP contribution is 2.31. The maximum absolute atomic E-state index is 11.5. The van der Waals surface area contributed by atoms with E-state index in [2.05, 4.69) is 10.3 Å².